The van der Waals surface area contributed by atoms with E-state index in [1.165, 1.54) is 11.1 Å². The standard InChI is InChI=1S/C15H14OS/c1-12-4-2-6-14(8-12)11-17-15-7-3-5-13(9-15)10-16/h2-10H,11H2,1H3. The first-order valence-corrected chi connectivity index (χ1v) is 6.50. The maximum atomic E-state index is 10.7. The molecule has 0 radical (unpaired) electrons. The molecular formula is C15H14OS. The Bertz CT molecular complexity index is 520. The minimum absolute atomic E-state index is 0.735. The lowest BCUT2D eigenvalue weighted by molar-refractivity contribution is 0.112. The van der Waals surface area contributed by atoms with Crippen LogP contribution in [0.4, 0.5) is 0 Å². The van der Waals surface area contributed by atoms with Gasteiger partial charge in [0.05, 0.1) is 0 Å². The lowest BCUT2D eigenvalue weighted by Crippen LogP contribution is -1.83. The Labute approximate surface area is 106 Å². The summed E-state index contributed by atoms with van der Waals surface area (Å²) < 4.78 is 0. The quantitative estimate of drug-likeness (QED) is 0.593. The molecule has 0 bridgehead atoms. The lowest BCUT2D eigenvalue weighted by Gasteiger charge is -2.03. The van der Waals surface area contributed by atoms with Crippen LogP contribution >= 0.6 is 11.8 Å². The van der Waals surface area contributed by atoms with Crippen LogP contribution in [-0.4, -0.2) is 6.29 Å². The van der Waals surface area contributed by atoms with Gasteiger partial charge in [-0.3, -0.25) is 4.79 Å². The highest BCUT2D eigenvalue weighted by Gasteiger charge is 1.98. The fourth-order valence-corrected chi connectivity index (χ4v) is 2.55. The maximum Gasteiger partial charge on any atom is 0.150 e. The maximum absolute atomic E-state index is 10.7. The molecule has 2 aromatic rings. The molecule has 0 amide bonds. The zero-order valence-corrected chi connectivity index (χ0v) is 10.5. The minimum Gasteiger partial charge on any atom is -0.298 e. The van der Waals surface area contributed by atoms with Gasteiger partial charge in [0.1, 0.15) is 6.29 Å². The number of carbonyl (C=O) groups excluding carboxylic acids is 1. The first-order valence-electron chi connectivity index (χ1n) is 5.51. The van der Waals surface area contributed by atoms with Gasteiger partial charge in [0, 0.05) is 16.2 Å². The first-order chi connectivity index (χ1) is 8.28. The summed E-state index contributed by atoms with van der Waals surface area (Å²) in [5.41, 5.74) is 3.33. The van der Waals surface area contributed by atoms with E-state index in [9.17, 15) is 4.79 Å². The highest BCUT2D eigenvalue weighted by Crippen LogP contribution is 2.23. The van der Waals surface area contributed by atoms with E-state index < -0.39 is 0 Å². The molecule has 2 heteroatoms. The van der Waals surface area contributed by atoms with E-state index in [1.807, 2.05) is 24.3 Å². The molecule has 0 fully saturated rings. The summed E-state index contributed by atoms with van der Waals surface area (Å²) in [6.45, 7) is 2.10. The molecule has 0 aliphatic heterocycles. The van der Waals surface area contributed by atoms with E-state index in [0.29, 0.717) is 0 Å². The molecule has 0 saturated heterocycles. The fraction of sp³-hybridized carbons (Fsp3) is 0.133. The van der Waals surface area contributed by atoms with Gasteiger partial charge in [-0.25, -0.2) is 0 Å². The number of hydrogen-bond acceptors (Lipinski definition) is 2. The molecule has 86 valence electrons. The Kier molecular flexibility index (Phi) is 3.99. The van der Waals surface area contributed by atoms with Gasteiger partial charge in [0.2, 0.25) is 0 Å². The molecule has 0 aliphatic rings. The van der Waals surface area contributed by atoms with Crippen LogP contribution in [-0.2, 0) is 5.75 Å². The van der Waals surface area contributed by atoms with Crippen molar-refractivity contribution >= 4 is 18.0 Å². The number of hydrogen-bond donors (Lipinski definition) is 0. The second-order valence-electron chi connectivity index (χ2n) is 3.97. The number of aryl methyl sites for hydroxylation is 1. The largest absolute Gasteiger partial charge is 0.298 e. The average molecular weight is 242 g/mol. The van der Waals surface area contributed by atoms with Gasteiger partial charge in [-0.05, 0) is 24.6 Å². The van der Waals surface area contributed by atoms with Crippen molar-refractivity contribution in [2.45, 2.75) is 17.6 Å². The molecule has 0 spiro atoms. The molecule has 0 aliphatic carbocycles. The summed E-state index contributed by atoms with van der Waals surface area (Å²) in [5, 5.41) is 0. The lowest BCUT2D eigenvalue weighted by atomic mass is 10.2. The Morgan fingerprint density at radius 3 is 2.71 bits per heavy atom. The van der Waals surface area contributed by atoms with Gasteiger partial charge in [0.15, 0.2) is 0 Å². The number of carbonyl (C=O) groups is 1. The Hall–Kier alpha value is -1.54. The normalized spacial score (nSPS) is 10.2. The second kappa shape index (κ2) is 5.69. The summed E-state index contributed by atoms with van der Waals surface area (Å²) in [6, 6.07) is 16.2. The van der Waals surface area contributed by atoms with Gasteiger partial charge >= 0.3 is 0 Å². The van der Waals surface area contributed by atoms with E-state index in [-0.39, 0.29) is 0 Å². The molecular weight excluding hydrogens is 228 g/mol. The summed E-state index contributed by atoms with van der Waals surface area (Å²) in [7, 11) is 0. The van der Waals surface area contributed by atoms with Crippen molar-refractivity contribution in [3.8, 4) is 0 Å². The van der Waals surface area contributed by atoms with Gasteiger partial charge < -0.3 is 0 Å². The van der Waals surface area contributed by atoms with Crippen molar-refractivity contribution in [1.82, 2.24) is 0 Å². The van der Waals surface area contributed by atoms with Crippen molar-refractivity contribution in [2.24, 2.45) is 0 Å². The van der Waals surface area contributed by atoms with E-state index in [4.69, 9.17) is 0 Å². The van der Waals surface area contributed by atoms with Crippen LogP contribution in [0, 0.1) is 6.92 Å². The fourth-order valence-electron chi connectivity index (χ4n) is 1.65. The van der Waals surface area contributed by atoms with Crippen molar-refractivity contribution in [3.63, 3.8) is 0 Å². The molecule has 0 unspecified atom stereocenters. The summed E-state index contributed by atoms with van der Waals surface area (Å²) >= 11 is 1.75. The van der Waals surface area contributed by atoms with Crippen molar-refractivity contribution in [2.75, 3.05) is 0 Å². The third-order valence-electron chi connectivity index (χ3n) is 2.48. The van der Waals surface area contributed by atoms with Crippen molar-refractivity contribution in [3.05, 3.63) is 65.2 Å². The summed E-state index contributed by atoms with van der Waals surface area (Å²) in [4.78, 5) is 11.8. The Balaban J connectivity index is 2.04. The van der Waals surface area contributed by atoms with E-state index in [1.54, 1.807) is 11.8 Å². The van der Waals surface area contributed by atoms with E-state index in [0.717, 1.165) is 22.5 Å². The molecule has 0 aromatic heterocycles. The molecule has 1 nitrogen and oxygen atoms in total. The van der Waals surface area contributed by atoms with E-state index >= 15 is 0 Å². The highest BCUT2D eigenvalue weighted by atomic mass is 32.2. The molecule has 0 N–H and O–H groups in total. The number of rotatable bonds is 4. The third-order valence-corrected chi connectivity index (χ3v) is 3.55. The molecule has 17 heavy (non-hydrogen) atoms. The molecule has 2 aromatic carbocycles. The Morgan fingerprint density at radius 2 is 1.94 bits per heavy atom. The van der Waals surface area contributed by atoms with Crippen LogP contribution in [0.15, 0.2) is 53.4 Å². The van der Waals surface area contributed by atoms with Crippen LogP contribution in [0.5, 0.6) is 0 Å². The number of aldehydes is 1. The zero-order valence-electron chi connectivity index (χ0n) is 9.72. The smallest absolute Gasteiger partial charge is 0.150 e. The second-order valence-corrected chi connectivity index (χ2v) is 5.02. The summed E-state index contributed by atoms with van der Waals surface area (Å²) in [5.74, 6) is 0.935. The number of thioether (sulfide) groups is 1. The topological polar surface area (TPSA) is 17.1 Å². The summed E-state index contributed by atoms with van der Waals surface area (Å²) in [6.07, 6.45) is 0.886. The van der Waals surface area contributed by atoms with Gasteiger partial charge in [-0.2, -0.15) is 0 Å². The van der Waals surface area contributed by atoms with Crippen LogP contribution in [0.1, 0.15) is 21.5 Å². The monoisotopic (exact) mass is 242 g/mol. The van der Waals surface area contributed by atoms with Crippen molar-refractivity contribution in [1.29, 1.82) is 0 Å². The third kappa shape index (κ3) is 3.46. The Morgan fingerprint density at radius 1 is 1.12 bits per heavy atom. The first kappa shape index (κ1) is 11.9. The van der Waals surface area contributed by atoms with Crippen LogP contribution in [0.25, 0.3) is 0 Å². The van der Waals surface area contributed by atoms with E-state index in [2.05, 4.69) is 31.2 Å². The van der Waals surface area contributed by atoms with Gasteiger partial charge in [0.25, 0.3) is 0 Å². The molecule has 0 heterocycles. The molecule has 0 saturated carbocycles. The number of benzene rings is 2. The molecule has 0 atom stereocenters. The minimum atomic E-state index is 0.735. The van der Waals surface area contributed by atoms with Gasteiger partial charge in [-0.1, -0.05) is 42.0 Å². The predicted molar refractivity (Wildman–Crippen MR) is 72.6 cm³/mol. The molecule has 2 rings (SSSR count). The van der Waals surface area contributed by atoms with Crippen molar-refractivity contribution < 1.29 is 4.79 Å². The van der Waals surface area contributed by atoms with Crippen LogP contribution in [0.3, 0.4) is 0 Å². The SMILES string of the molecule is Cc1cccc(CSc2cccc(C=O)c2)c1. The predicted octanol–water partition coefficient (Wildman–Crippen LogP) is 4.10. The average Bonchev–Trinajstić information content (AvgIpc) is 2.37. The van der Waals surface area contributed by atoms with Crippen LogP contribution < -0.4 is 0 Å². The zero-order chi connectivity index (χ0) is 12.1. The highest BCUT2D eigenvalue weighted by molar-refractivity contribution is 7.98. The van der Waals surface area contributed by atoms with Crippen LogP contribution in [0.2, 0.25) is 0 Å². The van der Waals surface area contributed by atoms with Gasteiger partial charge in [-0.15, -0.1) is 11.8 Å².